The number of carbonyl (C=O) groups excluding carboxylic acids is 1. The number of rotatable bonds is 5. The number of hydrogen-bond acceptors (Lipinski definition) is 4. The molecule has 0 bridgehead atoms. The predicted molar refractivity (Wildman–Crippen MR) is 97.1 cm³/mol. The van der Waals surface area contributed by atoms with Crippen molar-refractivity contribution >= 4 is 5.91 Å². The van der Waals surface area contributed by atoms with E-state index in [4.69, 9.17) is 9.47 Å². The molecule has 0 spiro atoms. The number of amides is 1. The normalized spacial score (nSPS) is 27.8. The van der Waals surface area contributed by atoms with E-state index in [1.165, 1.54) is 25.1 Å². The summed E-state index contributed by atoms with van der Waals surface area (Å²) in [5.41, 5.74) is 2.44. The largest absolute Gasteiger partial charge is 0.376 e. The molecule has 1 aromatic carbocycles. The zero-order chi connectivity index (χ0) is 17.6. The molecule has 0 saturated carbocycles. The topological polar surface area (TPSA) is 50.8 Å². The first-order valence-electron chi connectivity index (χ1n) is 9.37. The van der Waals surface area contributed by atoms with Gasteiger partial charge in [-0.05, 0) is 29.4 Å². The Bertz CT molecular complexity index is 545. The number of nitrogens with one attached hydrogen (secondary N) is 1. The van der Waals surface area contributed by atoms with Crippen LogP contribution in [-0.2, 0) is 27.4 Å². The van der Waals surface area contributed by atoms with E-state index in [1.54, 1.807) is 0 Å². The van der Waals surface area contributed by atoms with E-state index in [0.717, 1.165) is 23.9 Å². The molecule has 0 aromatic heterocycles. The first kappa shape index (κ1) is 18.4. The lowest BCUT2D eigenvalue weighted by Gasteiger charge is -2.35. The van der Waals surface area contributed by atoms with Gasteiger partial charge in [-0.15, -0.1) is 0 Å². The van der Waals surface area contributed by atoms with E-state index in [0.29, 0.717) is 26.4 Å². The highest BCUT2D eigenvalue weighted by molar-refractivity contribution is 5.80. The summed E-state index contributed by atoms with van der Waals surface area (Å²) in [4.78, 5) is 14.6. The van der Waals surface area contributed by atoms with Crippen LogP contribution in [0.15, 0.2) is 24.3 Å². The Balaban J connectivity index is 1.46. The maximum atomic E-state index is 12.0. The molecule has 2 heterocycles. The summed E-state index contributed by atoms with van der Waals surface area (Å²) in [5, 5.41) is 2.93. The molecule has 25 heavy (non-hydrogen) atoms. The average Bonchev–Trinajstić information content (AvgIpc) is 2.61. The van der Waals surface area contributed by atoms with E-state index in [9.17, 15) is 4.79 Å². The number of nitrogens with zero attached hydrogens (tertiary/aromatic N) is 1. The Kier molecular flexibility index (Phi) is 6.45. The fourth-order valence-electron chi connectivity index (χ4n) is 3.88. The first-order chi connectivity index (χ1) is 12.1. The van der Waals surface area contributed by atoms with Crippen LogP contribution in [0.5, 0.6) is 0 Å². The third kappa shape index (κ3) is 5.53. The van der Waals surface area contributed by atoms with Crippen LogP contribution in [0.2, 0.25) is 0 Å². The maximum Gasteiger partial charge on any atom is 0.251 e. The molecule has 1 aromatic rings. The van der Waals surface area contributed by atoms with Gasteiger partial charge >= 0.3 is 0 Å². The molecule has 138 valence electrons. The van der Waals surface area contributed by atoms with Crippen molar-refractivity contribution in [1.82, 2.24) is 10.2 Å². The molecule has 1 N–H and O–H groups in total. The Labute approximate surface area is 150 Å². The van der Waals surface area contributed by atoms with Gasteiger partial charge < -0.3 is 14.8 Å². The van der Waals surface area contributed by atoms with Gasteiger partial charge in [0.15, 0.2) is 6.10 Å². The lowest BCUT2D eigenvalue weighted by atomic mass is 9.91. The van der Waals surface area contributed by atoms with E-state index in [2.05, 4.69) is 48.3 Å². The van der Waals surface area contributed by atoms with Gasteiger partial charge in [-0.3, -0.25) is 9.69 Å². The van der Waals surface area contributed by atoms with Crippen LogP contribution in [0.25, 0.3) is 0 Å². The quantitative estimate of drug-likeness (QED) is 0.888. The highest BCUT2D eigenvalue weighted by Crippen LogP contribution is 2.22. The molecule has 0 radical (unpaired) electrons. The Morgan fingerprint density at radius 1 is 1.12 bits per heavy atom. The molecule has 1 amide bonds. The highest BCUT2D eigenvalue weighted by atomic mass is 16.6. The molecule has 2 aliphatic heterocycles. The second-order valence-corrected chi connectivity index (χ2v) is 7.61. The summed E-state index contributed by atoms with van der Waals surface area (Å²) >= 11 is 0. The summed E-state index contributed by atoms with van der Waals surface area (Å²) in [6.45, 7) is 9.99. The van der Waals surface area contributed by atoms with Gasteiger partial charge in [-0.2, -0.15) is 0 Å². The minimum atomic E-state index is -0.476. The molecule has 2 aliphatic rings. The van der Waals surface area contributed by atoms with E-state index in [1.807, 2.05) is 0 Å². The molecule has 5 heteroatoms. The van der Waals surface area contributed by atoms with Gasteiger partial charge in [-0.25, -0.2) is 0 Å². The molecule has 5 nitrogen and oxygen atoms in total. The molecule has 3 atom stereocenters. The Morgan fingerprint density at radius 2 is 1.80 bits per heavy atom. The van der Waals surface area contributed by atoms with Crippen molar-refractivity contribution in [3.8, 4) is 0 Å². The van der Waals surface area contributed by atoms with Crippen molar-refractivity contribution in [2.75, 3.05) is 32.9 Å². The standard InChI is InChI=1S/C20H30N2O3/c1-15-9-16(2)12-22(11-15)13-18-5-3-17(4-6-18)10-21-20(23)19-14-24-7-8-25-19/h3-6,15-16,19H,7-14H2,1-2H3,(H,21,23)/t15-,16+,19-/m1/s1. The molecule has 2 saturated heterocycles. The minimum Gasteiger partial charge on any atom is -0.376 e. The number of likely N-dealkylation sites (tertiary alicyclic amines) is 1. The van der Waals surface area contributed by atoms with Crippen LogP contribution in [0.3, 0.4) is 0 Å². The molecule has 0 unspecified atom stereocenters. The highest BCUT2D eigenvalue weighted by Gasteiger charge is 2.23. The predicted octanol–water partition coefficient (Wildman–Crippen LogP) is 2.20. The van der Waals surface area contributed by atoms with E-state index >= 15 is 0 Å². The summed E-state index contributed by atoms with van der Waals surface area (Å²) in [6.07, 6.45) is 0.862. The molecule has 3 rings (SSSR count). The Hall–Kier alpha value is -1.43. The smallest absolute Gasteiger partial charge is 0.251 e. The SMILES string of the molecule is C[C@@H]1C[C@H](C)CN(Cc2ccc(CNC(=O)[C@H]3COCCO3)cc2)C1. The van der Waals surface area contributed by atoms with Gasteiger partial charge in [0, 0.05) is 26.2 Å². The summed E-state index contributed by atoms with van der Waals surface area (Å²) in [5.74, 6) is 1.47. The summed E-state index contributed by atoms with van der Waals surface area (Å²) < 4.78 is 10.7. The fourth-order valence-corrected chi connectivity index (χ4v) is 3.88. The van der Waals surface area contributed by atoms with Crippen LogP contribution >= 0.6 is 0 Å². The summed E-state index contributed by atoms with van der Waals surface area (Å²) in [6, 6.07) is 8.55. The van der Waals surface area contributed by atoms with Crippen molar-refractivity contribution in [3.05, 3.63) is 35.4 Å². The van der Waals surface area contributed by atoms with Gasteiger partial charge in [0.05, 0.1) is 19.8 Å². The van der Waals surface area contributed by atoms with Crippen LogP contribution in [0.4, 0.5) is 0 Å². The third-order valence-corrected chi connectivity index (χ3v) is 4.95. The second kappa shape index (κ2) is 8.79. The number of carbonyl (C=O) groups is 1. The molecule has 2 fully saturated rings. The lowest BCUT2D eigenvalue weighted by molar-refractivity contribution is -0.147. The third-order valence-electron chi connectivity index (χ3n) is 4.95. The van der Waals surface area contributed by atoms with Crippen LogP contribution in [0.1, 0.15) is 31.4 Å². The average molecular weight is 346 g/mol. The van der Waals surface area contributed by atoms with Gasteiger partial charge in [0.2, 0.25) is 0 Å². The zero-order valence-corrected chi connectivity index (χ0v) is 15.4. The van der Waals surface area contributed by atoms with Crippen molar-refractivity contribution in [3.63, 3.8) is 0 Å². The van der Waals surface area contributed by atoms with E-state index in [-0.39, 0.29) is 5.91 Å². The van der Waals surface area contributed by atoms with Crippen molar-refractivity contribution < 1.29 is 14.3 Å². The zero-order valence-electron chi connectivity index (χ0n) is 15.4. The van der Waals surface area contributed by atoms with Crippen LogP contribution < -0.4 is 5.32 Å². The lowest BCUT2D eigenvalue weighted by Crippen LogP contribution is -2.42. The van der Waals surface area contributed by atoms with Crippen molar-refractivity contribution in [1.29, 1.82) is 0 Å². The number of piperidine rings is 1. The van der Waals surface area contributed by atoms with Crippen LogP contribution in [0, 0.1) is 11.8 Å². The first-order valence-corrected chi connectivity index (χ1v) is 9.37. The van der Waals surface area contributed by atoms with Crippen LogP contribution in [-0.4, -0.2) is 49.8 Å². The molecular weight excluding hydrogens is 316 g/mol. The monoisotopic (exact) mass is 346 g/mol. The second-order valence-electron chi connectivity index (χ2n) is 7.61. The fraction of sp³-hybridized carbons (Fsp3) is 0.650. The van der Waals surface area contributed by atoms with Gasteiger partial charge in [-0.1, -0.05) is 38.1 Å². The van der Waals surface area contributed by atoms with Crippen molar-refractivity contribution in [2.24, 2.45) is 11.8 Å². The number of hydrogen-bond donors (Lipinski definition) is 1. The Morgan fingerprint density at radius 3 is 2.44 bits per heavy atom. The number of ether oxygens (including phenoxy) is 2. The summed E-state index contributed by atoms with van der Waals surface area (Å²) in [7, 11) is 0. The maximum absolute atomic E-state index is 12.0. The molecular formula is C20H30N2O3. The minimum absolute atomic E-state index is 0.0972. The van der Waals surface area contributed by atoms with Gasteiger partial charge in [0.25, 0.3) is 5.91 Å². The van der Waals surface area contributed by atoms with Gasteiger partial charge in [0.1, 0.15) is 0 Å². The van der Waals surface area contributed by atoms with Crippen molar-refractivity contribution in [2.45, 2.75) is 39.5 Å². The van der Waals surface area contributed by atoms with E-state index < -0.39 is 6.10 Å². The molecule has 0 aliphatic carbocycles. The number of benzene rings is 1.